The summed E-state index contributed by atoms with van der Waals surface area (Å²) in [5, 5.41) is 5.06. The van der Waals surface area contributed by atoms with Gasteiger partial charge in [0, 0.05) is 6.20 Å². The zero-order chi connectivity index (χ0) is 17.6. The van der Waals surface area contributed by atoms with Crippen molar-refractivity contribution in [2.45, 2.75) is 13.0 Å². The molecule has 0 radical (unpaired) electrons. The van der Waals surface area contributed by atoms with Crippen LogP contribution in [0.25, 0.3) is 10.8 Å². The Hall–Kier alpha value is -3.21. The molecule has 5 nitrogen and oxygen atoms in total. The van der Waals surface area contributed by atoms with Crippen LogP contribution in [0.1, 0.15) is 29.0 Å². The van der Waals surface area contributed by atoms with E-state index < -0.39 is 5.97 Å². The number of pyridine rings is 1. The lowest BCUT2D eigenvalue weighted by atomic mass is 10.00. The topological polar surface area (TPSA) is 68.3 Å². The van der Waals surface area contributed by atoms with Crippen LogP contribution in [-0.4, -0.2) is 23.5 Å². The van der Waals surface area contributed by atoms with E-state index in [9.17, 15) is 9.59 Å². The van der Waals surface area contributed by atoms with Gasteiger partial charge < -0.3 is 10.1 Å². The lowest BCUT2D eigenvalue weighted by Gasteiger charge is -2.16. The summed E-state index contributed by atoms with van der Waals surface area (Å²) in [5.74, 6) is -0.974. The monoisotopic (exact) mass is 334 g/mol. The number of amides is 1. The fourth-order valence-electron chi connectivity index (χ4n) is 2.68. The first-order chi connectivity index (χ1) is 12.1. The van der Waals surface area contributed by atoms with Crippen molar-refractivity contribution in [1.82, 2.24) is 10.3 Å². The Bertz CT molecular complexity index is 888. The molecule has 1 N–H and O–H groups in total. The summed E-state index contributed by atoms with van der Waals surface area (Å²) in [7, 11) is 0. The molecule has 0 bridgehead atoms. The van der Waals surface area contributed by atoms with Gasteiger partial charge in [0.1, 0.15) is 5.69 Å². The molecule has 3 rings (SSSR count). The van der Waals surface area contributed by atoms with Crippen LogP contribution < -0.4 is 5.32 Å². The van der Waals surface area contributed by atoms with Gasteiger partial charge in [0.05, 0.1) is 6.04 Å². The molecule has 126 valence electrons. The Labute approximate surface area is 145 Å². The highest BCUT2D eigenvalue weighted by Crippen LogP contribution is 2.23. The van der Waals surface area contributed by atoms with Crippen molar-refractivity contribution >= 4 is 22.6 Å². The molecule has 5 heteroatoms. The van der Waals surface area contributed by atoms with Crippen molar-refractivity contribution in [3.63, 3.8) is 0 Å². The van der Waals surface area contributed by atoms with E-state index in [1.807, 2.05) is 49.4 Å². The number of carbonyl (C=O) groups is 2. The van der Waals surface area contributed by atoms with Crippen molar-refractivity contribution in [2.75, 3.05) is 6.61 Å². The maximum Gasteiger partial charge on any atom is 0.357 e. The maximum absolute atomic E-state index is 12.1. The van der Waals surface area contributed by atoms with E-state index in [4.69, 9.17) is 4.74 Å². The molecule has 0 aliphatic rings. The van der Waals surface area contributed by atoms with E-state index in [1.165, 1.54) is 6.20 Å². The van der Waals surface area contributed by atoms with Crippen molar-refractivity contribution in [3.8, 4) is 0 Å². The molecule has 0 aliphatic carbocycles. The third-order valence-electron chi connectivity index (χ3n) is 3.88. The normalized spacial score (nSPS) is 11.7. The number of esters is 1. The Balaban J connectivity index is 1.61. The Morgan fingerprint density at radius 3 is 2.60 bits per heavy atom. The molecule has 0 spiro atoms. The number of rotatable bonds is 5. The zero-order valence-corrected chi connectivity index (χ0v) is 13.8. The van der Waals surface area contributed by atoms with E-state index in [1.54, 1.807) is 18.2 Å². The molecule has 1 aromatic heterocycles. The quantitative estimate of drug-likeness (QED) is 0.727. The van der Waals surface area contributed by atoms with E-state index in [0.717, 1.165) is 16.3 Å². The van der Waals surface area contributed by atoms with Crippen molar-refractivity contribution in [3.05, 3.63) is 78.1 Å². The van der Waals surface area contributed by atoms with Gasteiger partial charge >= 0.3 is 5.97 Å². The molecular weight excluding hydrogens is 316 g/mol. The van der Waals surface area contributed by atoms with Gasteiger partial charge in [0.2, 0.25) is 0 Å². The molecule has 0 unspecified atom stereocenters. The molecule has 1 atom stereocenters. The molecule has 1 heterocycles. The summed E-state index contributed by atoms with van der Waals surface area (Å²) < 4.78 is 5.00. The largest absolute Gasteiger partial charge is 0.451 e. The van der Waals surface area contributed by atoms with Gasteiger partial charge in [0.25, 0.3) is 5.91 Å². The summed E-state index contributed by atoms with van der Waals surface area (Å²) in [5.41, 5.74) is 1.19. The molecule has 0 saturated carbocycles. The molecule has 0 saturated heterocycles. The molecular formula is C20H18N2O3. The predicted molar refractivity (Wildman–Crippen MR) is 95.0 cm³/mol. The zero-order valence-electron chi connectivity index (χ0n) is 13.8. The van der Waals surface area contributed by atoms with Crippen LogP contribution in [0, 0.1) is 0 Å². The van der Waals surface area contributed by atoms with Crippen LogP contribution in [0.2, 0.25) is 0 Å². The third-order valence-corrected chi connectivity index (χ3v) is 3.88. The third kappa shape index (κ3) is 4.01. The van der Waals surface area contributed by atoms with Crippen LogP contribution >= 0.6 is 0 Å². The molecule has 25 heavy (non-hydrogen) atoms. The Morgan fingerprint density at radius 2 is 1.80 bits per heavy atom. The predicted octanol–water partition coefficient (Wildman–Crippen LogP) is 3.27. The van der Waals surface area contributed by atoms with Crippen molar-refractivity contribution < 1.29 is 14.3 Å². The lowest BCUT2D eigenvalue weighted by molar-refractivity contribution is -0.124. The summed E-state index contributed by atoms with van der Waals surface area (Å²) in [4.78, 5) is 27.8. The minimum Gasteiger partial charge on any atom is -0.451 e. The fourth-order valence-corrected chi connectivity index (χ4v) is 2.68. The van der Waals surface area contributed by atoms with Gasteiger partial charge in [-0.15, -0.1) is 0 Å². The summed E-state index contributed by atoms with van der Waals surface area (Å²) in [6, 6.07) is 18.7. The van der Waals surface area contributed by atoms with Gasteiger partial charge in [0.15, 0.2) is 6.61 Å². The molecule has 2 aromatic carbocycles. The second-order valence-electron chi connectivity index (χ2n) is 5.65. The van der Waals surface area contributed by atoms with Crippen molar-refractivity contribution in [2.24, 2.45) is 0 Å². The van der Waals surface area contributed by atoms with E-state index in [2.05, 4.69) is 10.3 Å². The van der Waals surface area contributed by atoms with Crippen molar-refractivity contribution in [1.29, 1.82) is 0 Å². The van der Waals surface area contributed by atoms with E-state index >= 15 is 0 Å². The standard InChI is InChI=1S/C20H18N2O3/c1-14(16-10-6-8-15-7-2-3-9-17(15)16)22-19(23)13-25-20(24)18-11-4-5-12-21-18/h2-12,14H,13H2,1H3,(H,22,23)/t14-/m1/s1. The number of hydrogen-bond donors (Lipinski definition) is 1. The van der Waals surface area contributed by atoms with Gasteiger partial charge in [-0.2, -0.15) is 0 Å². The minimum atomic E-state index is -0.617. The molecule has 0 fully saturated rings. The Kier molecular flexibility index (Phi) is 5.04. The number of aromatic nitrogens is 1. The summed E-state index contributed by atoms with van der Waals surface area (Å²) >= 11 is 0. The van der Waals surface area contributed by atoms with Crippen LogP contribution in [-0.2, 0) is 9.53 Å². The molecule has 1 amide bonds. The fraction of sp³-hybridized carbons (Fsp3) is 0.150. The lowest BCUT2D eigenvalue weighted by Crippen LogP contribution is -2.31. The first-order valence-electron chi connectivity index (χ1n) is 8.00. The molecule has 0 aliphatic heterocycles. The number of fused-ring (bicyclic) bond motifs is 1. The number of hydrogen-bond acceptors (Lipinski definition) is 4. The number of ether oxygens (including phenoxy) is 1. The highest BCUT2D eigenvalue weighted by atomic mass is 16.5. The van der Waals surface area contributed by atoms with E-state index in [0.29, 0.717) is 0 Å². The first-order valence-corrected chi connectivity index (χ1v) is 8.00. The summed E-state index contributed by atoms with van der Waals surface area (Å²) in [6.07, 6.45) is 1.50. The van der Waals surface area contributed by atoms with Crippen LogP contribution in [0.5, 0.6) is 0 Å². The van der Waals surface area contributed by atoms with Crippen LogP contribution in [0.3, 0.4) is 0 Å². The number of nitrogens with one attached hydrogen (secondary N) is 1. The smallest absolute Gasteiger partial charge is 0.357 e. The average molecular weight is 334 g/mol. The van der Waals surface area contributed by atoms with Crippen LogP contribution in [0.15, 0.2) is 66.9 Å². The number of nitrogens with zero attached hydrogens (tertiary/aromatic N) is 1. The van der Waals surface area contributed by atoms with Gasteiger partial charge in [-0.25, -0.2) is 9.78 Å². The highest BCUT2D eigenvalue weighted by molar-refractivity contribution is 5.90. The maximum atomic E-state index is 12.1. The van der Waals surface area contributed by atoms with Crippen LogP contribution in [0.4, 0.5) is 0 Å². The van der Waals surface area contributed by atoms with Gasteiger partial charge in [-0.3, -0.25) is 4.79 Å². The number of carbonyl (C=O) groups excluding carboxylic acids is 2. The first kappa shape index (κ1) is 16.6. The average Bonchev–Trinajstić information content (AvgIpc) is 2.66. The second kappa shape index (κ2) is 7.57. The Morgan fingerprint density at radius 1 is 1.04 bits per heavy atom. The van der Waals surface area contributed by atoms with E-state index in [-0.39, 0.29) is 24.2 Å². The van der Waals surface area contributed by atoms with Gasteiger partial charge in [-0.05, 0) is 35.4 Å². The SMILES string of the molecule is C[C@@H](NC(=O)COC(=O)c1ccccn1)c1cccc2ccccc12. The van der Waals surface area contributed by atoms with Gasteiger partial charge in [-0.1, -0.05) is 48.5 Å². The summed E-state index contributed by atoms with van der Waals surface area (Å²) in [6.45, 7) is 1.56. The second-order valence-corrected chi connectivity index (χ2v) is 5.65. The number of benzene rings is 2. The highest BCUT2D eigenvalue weighted by Gasteiger charge is 2.15. The molecule has 3 aromatic rings. The minimum absolute atomic E-state index is 0.178.